The van der Waals surface area contributed by atoms with Gasteiger partial charge in [-0.1, -0.05) is 25.0 Å². The van der Waals surface area contributed by atoms with Gasteiger partial charge in [0, 0.05) is 13.5 Å². The number of carbonyl (C=O) groups is 2. The molecule has 1 saturated carbocycles. The van der Waals surface area contributed by atoms with Gasteiger partial charge in [0.05, 0.1) is 6.04 Å². The lowest BCUT2D eigenvalue weighted by atomic mass is 9.91. The molecule has 1 aromatic rings. The summed E-state index contributed by atoms with van der Waals surface area (Å²) in [6.07, 6.45) is 5.48. The summed E-state index contributed by atoms with van der Waals surface area (Å²) in [6, 6.07) is 5.90. The number of hydrogen-bond acceptors (Lipinski definition) is 2. The van der Waals surface area contributed by atoms with Crippen LogP contribution in [0, 0.1) is 11.7 Å². The van der Waals surface area contributed by atoms with Gasteiger partial charge < -0.3 is 10.2 Å². The molecule has 1 saturated heterocycles. The Morgan fingerprint density at radius 2 is 1.87 bits per heavy atom. The van der Waals surface area contributed by atoms with Crippen molar-refractivity contribution < 1.29 is 14.0 Å². The molecule has 5 heteroatoms. The van der Waals surface area contributed by atoms with Gasteiger partial charge in [-0.05, 0) is 42.9 Å². The van der Waals surface area contributed by atoms with E-state index < -0.39 is 0 Å². The average molecular weight is 318 g/mol. The first kappa shape index (κ1) is 16.0. The summed E-state index contributed by atoms with van der Waals surface area (Å²) >= 11 is 0. The van der Waals surface area contributed by atoms with Crippen LogP contribution in [0.1, 0.15) is 50.1 Å². The smallest absolute Gasteiger partial charge is 0.243 e. The van der Waals surface area contributed by atoms with E-state index in [2.05, 4.69) is 5.32 Å². The lowest BCUT2D eigenvalue weighted by molar-refractivity contribution is -0.134. The van der Waals surface area contributed by atoms with Gasteiger partial charge >= 0.3 is 0 Å². The second kappa shape index (κ2) is 6.69. The number of benzene rings is 1. The first-order valence-corrected chi connectivity index (χ1v) is 8.38. The molecule has 4 nitrogen and oxygen atoms in total. The van der Waals surface area contributed by atoms with Crippen molar-refractivity contribution in [1.82, 2.24) is 10.2 Å². The molecule has 1 N–H and O–H groups in total. The van der Waals surface area contributed by atoms with E-state index in [1.54, 1.807) is 19.2 Å². The highest BCUT2D eigenvalue weighted by Gasteiger charge is 2.36. The van der Waals surface area contributed by atoms with Crippen LogP contribution in [0.15, 0.2) is 24.3 Å². The van der Waals surface area contributed by atoms with Crippen LogP contribution in [0.3, 0.4) is 0 Å². The van der Waals surface area contributed by atoms with Crippen LogP contribution in [-0.2, 0) is 9.59 Å². The zero-order valence-corrected chi connectivity index (χ0v) is 13.4. The van der Waals surface area contributed by atoms with Gasteiger partial charge in [-0.15, -0.1) is 0 Å². The van der Waals surface area contributed by atoms with E-state index in [1.165, 1.54) is 29.9 Å². The summed E-state index contributed by atoms with van der Waals surface area (Å²) < 4.78 is 13.2. The highest BCUT2D eigenvalue weighted by atomic mass is 19.1. The molecule has 0 unspecified atom stereocenters. The number of halogens is 1. The van der Waals surface area contributed by atoms with Crippen molar-refractivity contribution in [2.45, 2.75) is 50.6 Å². The Morgan fingerprint density at radius 1 is 1.22 bits per heavy atom. The van der Waals surface area contributed by atoms with Gasteiger partial charge in [-0.2, -0.15) is 0 Å². The third-order valence-corrected chi connectivity index (χ3v) is 5.19. The van der Waals surface area contributed by atoms with E-state index in [9.17, 15) is 14.0 Å². The first-order valence-electron chi connectivity index (χ1n) is 8.38. The Morgan fingerprint density at radius 3 is 2.43 bits per heavy atom. The molecule has 23 heavy (non-hydrogen) atoms. The van der Waals surface area contributed by atoms with E-state index in [0.29, 0.717) is 18.8 Å². The molecule has 0 spiro atoms. The number of amides is 2. The fourth-order valence-electron chi connectivity index (χ4n) is 3.79. The molecule has 124 valence electrons. The number of rotatable bonds is 4. The third-order valence-electron chi connectivity index (χ3n) is 5.19. The molecular weight excluding hydrogens is 295 g/mol. The fourth-order valence-corrected chi connectivity index (χ4v) is 3.79. The maximum atomic E-state index is 13.2. The fraction of sp³-hybridized carbons (Fsp3) is 0.556. The van der Waals surface area contributed by atoms with Crippen LogP contribution >= 0.6 is 0 Å². The van der Waals surface area contributed by atoms with Crippen LogP contribution in [0.25, 0.3) is 0 Å². The Balaban J connectivity index is 1.77. The van der Waals surface area contributed by atoms with Gasteiger partial charge in [0.2, 0.25) is 11.8 Å². The molecule has 0 radical (unpaired) electrons. The minimum Gasteiger partial charge on any atom is -0.347 e. The SMILES string of the molecule is CN1C(=O)CC[C@@H]1C(=O)N[C@H](c1ccc(F)cc1)C1CCCC1. The van der Waals surface area contributed by atoms with E-state index in [4.69, 9.17) is 0 Å². The lowest BCUT2D eigenvalue weighted by Crippen LogP contribution is -2.45. The maximum Gasteiger partial charge on any atom is 0.243 e. The van der Waals surface area contributed by atoms with Crippen LogP contribution < -0.4 is 5.32 Å². The van der Waals surface area contributed by atoms with Crippen molar-refractivity contribution in [3.8, 4) is 0 Å². The van der Waals surface area contributed by atoms with Gasteiger partial charge in [0.25, 0.3) is 0 Å². The number of hydrogen-bond donors (Lipinski definition) is 1. The van der Waals surface area contributed by atoms with Crippen molar-refractivity contribution in [2.75, 3.05) is 7.05 Å². The summed E-state index contributed by atoms with van der Waals surface area (Å²) in [4.78, 5) is 25.8. The number of nitrogens with one attached hydrogen (secondary N) is 1. The maximum absolute atomic E-state index is 13.2. The van der Waals surface area contributed by atoms with E-state index in [0.717, 1.165) is 18.4 Å². The third kappa shape index (κ3) is 3.38. The normalized spacial score (nSPS) is 23.3. The highest BCUT2D eigenvalue weighted by Crippen LogP contribution is 2.36. The number of nitrogens with zero attached hydrogens (tertiary/aromatic N) is 1. The summed E-state index contributed by atoms with van der Waals surface area (Å²) in [5.41, 5.74) is 0.943. The second-order valence-corrected chi connectivity index (χ2v) is 6.64. The largest absolute Gasteiger partial charge is 0.347 e. The zero-order chi connectivity index (χ0) is 16.4. The predicted molar refractivity (Wildman–Crippen MR) is 85.0 cm³/mol. The minimum absolute atomic E-state index is 0.0179. The topological polar surface area (TPSA) is 49.4 Å². The molecule has 2 fully saturated rings. The Kier molecular flexibility index (Phi) is 4.64. The van der Waals surface area contributed by atoms with Crippen LogP contribution in [0.2, 0.25) is 0 Å². The van der Waals surface area contributed by atoms with Crippen LogP contribution in [0.5, 0.6) is 0 Å². The summed E-state index contributed by atoms with van der Waals surface area (Å²) in [6.45, 7) is 0. The van der Waals surface area contributed by atoms with Crippen molar-refractivity contribution in [1.29, 1.82) is 0 Å². The van der Waals surface area contributed by atoms with E-state index in [1.807, 2.05) is 0 Å². The molecule has 0 aromatic heterocycles. The van der Waals surface area contributed by atoms with Crippen molar-refractivity contribution in [2.24, 2.45) is 5.92 Å². The molecular formula is C18H23FN2O2. The monoisotopic (exact) mass is 318 g/mol. The zero-order valence-electron chi connectivity index (χ0n) is 13.4. The molecule has 1 aliphatic heterocycles. The molecule has 1 heterocycles. The van der Waals surface area contributed by atoms with Gasteiger partial charge in [-0.3, -0.25) is 9.59 Å². The predicted octanol–water partition coefficient (Wildman–Crippen LogP) is 2.79. The lowest BCUT2D eigenvalue weighted by Gasteiger charge is -2.28. The van der Waals surface area contributed by atoms with Gasteiger partial charge in [0.1, 0.15) is 11.9 Å². The quantitative estimate of drug-likeness (QED) is 0.928. The van der Waals surface area contributed by atoms with E-state index >= 15 is 0 Å². The number of likely N-dealkylation sites (N-methyl/N-ethyl adjacent to an activating group) is 1. The standard InChI is InChI=1S/C18H23FN2O2/c1-21-15(10-11-16(21)22)18(23)20-17(12-4-2-3-5-12)13-6-8-14(19)9-7-13/h6-9,12,15,17H,2-5,10-11H2,1H3,(H,20,23)/t15-,17+/m1/s1. The van der Waals surface area contributed by atoms with Crippen LogP contribution in [0.4, 0.5) is 4.39 Å². The van der Waals surface area contributed by atoms with Crippen molar-refractivity contribution >= 4 is 11.8 Å². The van der Waals surface area contributed by atoms with Crippen LogP contribution in [-0.4, -0.2) is 29.8 Å². The van der Waals surface area contributed by atoms with Crippen molar-refractivity contribution in [3.05, 3.63) is 35.6 Å². The Bertz CT molecular complexity index is 581. The minimum atomic E-state index is -0.383. The Labute approximate surface area is 136 Å². The van der Waals surface area contributed by atoms with Gasteiger partial charge in [0.15, 0.2) is 0 Å². The molecule has 2 amide bonds. The first-order chi connectivity index (χ1) is 11.1. The molecule has 0 bridgehead atoms. The number of carbonyl (C=O) groups excluding carboxylic acids is 2. The summed E-state index contributed by atoms with van der Waals surface area (Å²) in [5, 5.41) is 3.13. The van der Waals surface area contributed by atoms with Crippen molar-refractivity contribution in [3.63, 3.8) is 0 Å². The highest BCUT2D eigenvalue weighted by molar-refractivity contribution is 5.90. The molecule has 2 atom stereocenters. The summed E-state index contributed by atoms with van der Waals surface area (Å²) in [7, 11) is 1.68. The van der Waals surface area contributed by atoms with Gasteiger partial charge in [-0.25, -0.2) is 4.39 Å². The molecule has 1 aliphatic carbocycles. The number of likely N-dealkylation sites (tertiary alicyclic amines) is 1. The molecule has 2 aliphatic rings. The Hall–Kier alpha value is -1.91. The average Bonchev–Trinajstić information content (AvgIpc) is 3.17. The molecule has 1 aromatic carbocycles. The summed E-state index contributed by atoms with van der Waals surface area (Å²) in [5.74, 6) is 0.0297. The van der Waals surface area contributed by atoms with E-state index in [-0.39, 0.29) is 29.7 Å². The molecule has 3 rings (SSSR count). The second-order valence-electron chi connectivity index (χ2n) is 6.64.